The number of imidazole rings is 1. The molecular weight excluding hydrogens is 513 g/mol. The fourth-order valence-corrected chi connectivity index (χ4v) is 4.53. The van der Waals surface area contributed by atoms with Gasteiger partial charge in [0.2, 0.25) is 0 Å². The van der Waals surface area contributed by atoms with E-state index in [2.05, 4.69) is 15.1 Å². The van der Waals surface area contributed by atoms with Crippen molar-refractivity contribution in [1.82, 2.24) is 29.3 Å². The Balaban J connectivity index is 1.57. The molecule has 4 aromatic rings. The molecule has 12 heteroatoms. The third-order valence-electron chi connectivity index (χ3n) is 6.57. The number of hydrogen-bond donors (Lipinski definition) is 1. The molecule has 1 aliphatic rings. The summed E-state index contributed by atoms with van der Waals surface area (Å²) in [6, 6.07) is 5.06. The lowest BCUT2D eigenvalue weighted by molar-refractivity contribution is -0.154. The van der Waals surface area contributed by atoms with E-state index in [1.165, 1.54) is 16.9 Å². The van der Waals surface area contributed by atoms with Gasteiger partial charge in [-0.2, -0.15) is 18.3 Å². The first kappa shape index (κ1) is 26.6. The average molecular weight is 543 g/mol. The van der Waals surface area contributed by atoms with Crippen LogP contribution in [0.25, 0.3) is 22.6 Å². The number of carbonyl (C=O) groups is 1. The predicted molar refractivity (Wildman–Crippen MR) is 137 cm³/mol. The van der Waals surface area contributed by atoms with Gasteiger partial charge in [0.15, 0.2) is 17.4 Å². The molecule has 1 aromatic carbocycles. The summed E-state index contributed by atoms with van der Waals surface area (Å²) in [6.07, 6.45) is 1.88. The number of aromatic nitrogens is 6. The van der Waals surface area contributed by atoms with Crippen LogP contribution in [0.1, 0.15) is 81.5 Å². The molecule has 3 heterocycles. The topological polar surface area (TPSA) is 108 Å². The minimum absolute atomic E-state index is 0.0959. The van der Waals surface area contributed by atoms with Crippen LogP contribution in [0.15, 0.2) is 41.5 Å². The molecule has 0 bridgehead atoms. The number of esters is 1. The molecule has 1 unspecified atom stereocenters. The molecular formula is C27H29F3N6O3. The van der Waals surface area contributed by atoms with E-state index in [0.29, 0.717) is 47.7 Å². The quantitative estimate of drug-likeness (QED) is 0.263. The van der Waals surface area contributed by atoms with Crippen LogP contribution in [0.5, 0.6) is 0 Å². The maximum atomic E-state index is 13.2. The second-order valence-corrected chi connectivity index (χ2v) is 9.81. The van der Waals surface area contributed by atoms with Crippen molar-refractivity contribution < 1.29 is 22.7 Å². The number of hydrogen-bond acceptors (Lipinski definition) is 6. The second-order valence-electron chi connectivity index (χ2n) is 9.81. The number of nitrogens with zero attached hydrogens (tertiary/aromatic N) is 5. The smallest absolute Gasteiger partial charge is 0.416 e. The fourth-order valence-electron chi connectivity index (χ4n) is 4.53. The summed E-state index contributed by atoms with van der Waals surface area (Å²) >= 11 is 0. The van der Waals surface area contributed by atoms with Crippen LogP contribution in [0.2, 0.25) is 0 Å². The Labute approximate surface area is 222 Å². The van der Waals surface area contributed by atoms with Gasteiger partial charge in [-0.3, -0.25) is 18.8 Å². The maximum Gasteiger partial charge on any atom is 0.416 e. The molecule has 0 radical (unpaired) electrons. The van der Waals surface area contributed by atoms with E-state index in [1.54, 1.807) is 16.8 Å². The van der Waals surface area contributed by atoms with Gasteiger partial charge in [0.1, 0.15) is 11.6 Å². The largest absolute Gasteiger partial charge is 0.441 e. The number of H-pyrrole nitrogens is 1. The summed E-state index contributed by atoms with van der Waals surface area (Å²) in [7, 11) is 0. The molecule has 206 valence electrons. The highest BCUT2D eigenvalue weighted by atomic mass is 19.4. The number of aromatic amines is 1. The number of carbonyl (C=O) groups excluding carboxylic acids is 1. The van der Waals surface area contributed by atoms with Gasteiger partial charge in [0.05, 0.1) is 23.9 Å². The number of benzene rings is 1. The molecule has 1 saturated carbocycles. The van der Waals surface area contributed by atoms with Crippen molar-refractivity contribution in [3.63, 3.8) is 0 Å². The van der Waals surface area contributed by atoms with Gasteiger partial charge in [-0.15, -0.1) is 0 Å². The Kier molecular flexibility index (Phi) is 7.28. The molecule has 0 amide bonds. The van der Waals surface area contributed by atoms with E-state index in [9.17, 15) is 22.8 Å². The lowest BCUT2D eigenvalue weighted by atomic mass is 10.1. The van der Waals surface area contributed by atoms with Gasteiger partial charge in [0, 0.05) is 25.0 Å². The van der Waals surface area contributed by atoms with Crippen LogP contribution in [-0.4, -0.2) is 35.3 Å². The lowest BCUT2D eigenvalue weighted by Gasteiger charge is -2.21. The molecule has 1 atom stereocenters. The standard InChI is InChI=1S/C27H29F3N6O3/c1-3-6-20(39-21(37)7-4-2)36-24(32-22-25(36)33-23(17-10-11-17)34-26(22)38)18-13-31-35(15-18)14-16-8-5-9-19(12-16)27(28,29)30/h5,8-9,12-13,15,17,20H,3-4,6-7,10-11,14H2,1-2H3,(H,33,34,38). The summed E-state index contributed by atoms with van der Waals surface area (Å²) in [4.78, 5) is 37.7. The molecule has 0 spiro atoms. The zero-order valence-electron chi connectivity index (χ0n) is 21.7. The van der Waals surface area contributed by atoms with Gasteiger partial charge in [0.25, 0.3) is 5.56 Å². The Morgan fingerprint density at radius 3 is 2.69 bits per heavy atom. The van der Waals surface area contributed by atoms with Crippen LogP contribution in [0.3, 0.4) is 0 Å². The number of ether oxygens (including phenoxy) is 1. The van der Waals surface area contributed by atoms with Crippen LogP contribution in [-0.2, 0) is 22.3 Å². The third-order valence-corrected chi connectivity index (χ3v) is 6.57. The second kappa shape index (κ2) is 10.7. The third kappa shape index (κ3) is 5.74. The van der Waals surface area contributed by atoms with Crippen molar-refractivity contribution in [2.45, 2.75) is 77.2 Å². The average Bonchev–Trinajstić information content (AvgIpc) is 3.51. The Hall–Kier alpha value is -3.96. The first-order chi connectivity index (χ1) is 18.7. The maximum absolute atomic E-state index is 13.2. The number of fused-ring (bicyclic) bond motifs is 1. The Morgan fingerprint density at radius 1 is 1.21 bits per heavy atom. The number of alkyl halides is 3. The number of halogens is 3. The summed E-state index contributed by atoms with van der Waals surface area (Å²) in [6.45, 7) is 3.94. The van der Waals surface area contributed by atoms with E-state index in [1.807, 2.05) is 13.8 Å². The van der Waals surface area contributed by atoms with Gasteiger partial charge in [-0.25, -0.2) is 9.97 Å². The van der Waals surface area contributed by atoms with E-state index < -0.39 is 18.0 Å². The van der Waals surface area contributed by atoms with Gasteiger partial charge < -0.3 is 9.72 Å². The normalized spacial score (nSPS) is 14.6. The summed E-state index contributed by atoms with van der Waals surface area (Å²) < 4.78 is 48.5. The summed E-state index contributed by atoms with van der Waals surface area (Å²) in [5.74, 6) is 0.734. The number of rotatable bonds is 10. The summed E-state index contributed by atoms with van der Waals surface area (Å²) in [5.41, 5.74) is 0.268. The van der Waals surface area contributed by atoms with E-state index in [0.717, 1.165) is 25.0 Å². The lowest BCUT2D eigenvalue weighted by Crippen LogP contribution is -2.20. The van der Waals surface area contributed by atoms with Crippen molar-refractivity contribution >= 4 is 17.1 Å². The molecule has 1 N–H and O–H groups in total. The highest BCUT2D eigenvalue weighted by Gasteiger charge is 2.31. The molecule has 1 aliphatic carbocycles. The molecule has 0 aliphatic heterocycles. The predicted octanol–water partition coefficient (Wildman–Crippen LogP) is 5.57. The van der Waals surface area contributed by atoms with E-state index in [4.69, 9.17) is 9.72 Å². The van der Waals surface area contributed by atoms with Crippen LogP contribution in [0, 0.1) is 0 Å². The SMILES string of the molecule is CCCC(=O)OC(CCC)n1c(-c2cnn(Cc3cccc(C(F)(F)F)c3)c2)nc2c(=O)[nH]c(C3CC3)nc21. The van der Waals surface area contributed by atoms with Crippen molar-refractivity contribution in [2.75, 3.05) is 0 Å². The zero-order chi connectivity index (χ0) is 27.7. The van der Waals surface area contributed by atoms with Crippen molar-refractivity contribution in [2.24, 2.45) is 0 Å². The van der Waals surface area contributed by atoms with Gasteiger partial charge in [-0.05, 0) is 37.0 Å². The van der Waals surface area contributed by atoms with Gasteiger partial charge >= 0.3 is 12.1 Å². The van der Waals surface area contributed by atoms with Gasteiger partial charge in [-0.1, -0.05) is 32.4 Å². The monoisotopic (exact) mass is 542 g/mol. The van der Waals surface area contributed by atoms with Crippen LogP contribution >= 0.6 is 0 Å². The fraction of sp³-hybridized carbons (Fsp3) is 0.444. The van der Waals surface area contributed by atoms with E-state index in [-0.39, 0.29) is 35.9 Å². The molecule has 39 heavy (non-hydrogen) atoms. The minimum atomic E-state index is -4.45. The number of nitrogens with one attached hydrogen (secondary N) is 1. The molecule has 1 fully saturated rings. The molecule has 0 saturated heterocycles. The highest BCUT2D eigenvalue weighted by molar-refractivity contribution is 5.77. The molecule has 9 nitrogen and oxygen atoms in total. The zero-order valence-corrected chi connectivity index (χ0v) is 21.7. The van der Waals surface area contributed by atoms with Crippen molar-refractivity contribution in [1.29, 1.82) is 0 Å². The molecule has 5 rings (SSSR count). The first-order valence-corrected chi connectivity index (χ1v) is 13.1. The minimum Gasteiger partial charge on any atom is -0.441 e. The van der Waals surface area contributed by atoms with Crippen LogP contribution < -0.4 is 5.56 Å². The van der Waals surface area contributed by atoms with E-state index >= 15 is 0 Å². The molecule has 3 aromatic heterocycles. The van der Waals surface area contributed by atoms with Crippen molar-refractivity contribution in [3.05, 3.63) is 64.0 Å². The Bertz CT molecular complexity index is 1550. The van der Waals surface area contributed by atoms with Crippen molar-refractivity contribution in [3.8, 4) is 11.4 Å². The highest BCUT2D eigenvalue weighted by Crippen LogP contribution is 2.38. The summed E-state index contributed by atoms with van der Waals surface area (Å²) in [5, 5.41) is 4.33. The Morgan fingerprint density at radius 2 is 2.00 bits per heavy atom. The first-order valence-electron chi connectivity index (χ1n) is 13.1. The van der Waals surface area contributed by atoms with Crippen LogP contribution in [0.4, 0.5) is 13.2 Å².